The van der Waals surface area contributed by atoms with E-state index < -0.39 is 10.5 Å². The van der Waals surface area contributed by atoms with Crippen LogP contribution in [0.3, 0.4) is 0 Å². The summed E-state index contributed by atoms with van der Waals surface area (Å²) in [4.78, 5) is 32.7. The summed E-state index contributed by atoms with van der Waals surface area (Å²) < 4.78 is 1.47. The summed E-state index contributed by atoms with van der Waals surface area (Å²) in [6.45, 7) is 4.73. The predicted octanol–water partition coefficient (Wildman–Crippen LogP) is 2.65. The van der Waals surface area contributed by atoms with E-state index >= 15 is 0 Å². The zero-order valence-electron chi connectivity index (χ0n) is 15.6. The number of para-hydroxylation sites is 1. The fourth-order valence-electron chi connectivity index (χ4n) is 3.87. The first-order valence-electron chi connectivity index (χ1n) is 9.32. The van der Waals surface area contributed by atoms with Crippen LogP contribution in [0, 0.1) is 10.1 Å². The summed E-state index contributed by atoms with van der Waals surface area (Å²) in [5.41, 5.74) is 0.263. The zero-order chi connectivity index (χ0) is 19.7. The number of aromatic nitrogens is 2. The van der Waals surface area contributed by atoms with E-state index in [9.17, 15) is 14.9 Å². The molecule has 0 aliphatic carbocycles. The van der Waals surface area contributed by atoms with Gasteiger partial charge in [0.25, 0.3) is 0 Å². The van der Waals surface area contributed by atoms with Crippen molar-refractivity contribution in [2.75, 3.05) is 36.0 Å². The highest BCUT2D eigenvalue weighted by atomic mass is 16.6. The molecule has 144 valence electrons. The third-order valence-corrected chi connectivity index (χ3v) is 5.19. The molecule has 0 radical (unpaired) electrons. The van der Waals surface area contributed by atoms with Gasteiger partial charge in [0.15, 0.2) is 0 Å². The summed E-state index contributed by atoms with van der Waals surface area (Å²) in [5.74, 6) is 0.892. The monoisotopic (exact) mass is 379 g/mol. The second-order valence-corrected chi connectivity index (χ2v) is 6.68. The van der Waals surface area contributed by atoms with E-state index in [0.29, 0.717) is 38.4 Å². The van der Waals surface area contributed by atoms with Gasteiger partial charge in [0.2, 0.25) is 0 Å². The van der Waals surface area contributed by atoms with Crippen molar-refractivity contribution in [1.82, 2.24) is 9.55 Å². The number of hydrogen-bond acceptors (Lipinski definition) is 6. The average molecular weight is 379 g/mol. The number of pyridine rings is 2. The first kappa shape index (κ1) is 18.0. The number of hydrogen-bond donors (Lipinski definition) is 0. The number of rotatable bonds is 4. The van der Waals surface area contributed by atoms with Crippen LogP contribution in [0.1, 0.15) is 6.92 Å². The second kappa shape index (κ2) is 7.30. The van der Waals surface area contributed by atoms with Crippen LogP contribution in [0.25, 0.3) is 10.9 Å². The number of piperazine rings is 1. The summed E-state index contributed by atoms with van der Waals surface area (Å²) >= 11 is 0. The van der Waals surface area contributed by atoms with Gasteiger partial charge in [-0.3, -0.25) is 14.9 Å². The maximum atomic E-state index is 12.9. The molecule has 0 bridgehead atoms. The van der Waals surface area contributed by atoms with Crippen LogP contribution in [-0.2, 0) is 6.54 Å². The molecule has 1 aromatic carbocycles. The first-order chi connectivity index (χ1) is 13.6. The number of benzene rings is 1. The lowest BCUT2D eigenvalue weighted by Gasteiger charge is -2.36. The smallest absolute Gasteiger partial charge is 0.357 e. The predicted molar refractivity (Wildman–Crippen MR) is 109 cm³/mol. The van der Waals surface area contributed by atoms with Crippen LogP contribution >= 0.6 is 0 Å². The van der Waals surface area contributed by atoms with E-state index in [1.807, 2.05) is 54.3 Å². The Bertz CT molecular complexity index is 1070. The molecular weight excluding hydrogens is 358 g/mol. The molecule has 8 heteroatoms. The van der Waals surface area contributed by atoms with Crippen LogP contribution in [-0.4, -0.2) is 40.7 Å². The highest BCUT2D eigenvalue weighted by molar-refractivity contribution is 5.96. The van der Waals surface area contributed by atoms with E-state index in [0.717, 1.165) is 16.7 Å². The topological polar surface area (TPSA) is 84.5 Å². The normalized spacial score (nSPS) is 14.5. The lowest BCUT2D eigenvalue weighted by molar-refractivity contribution is -0.385. The Labute approximate surface area is 161 Å². The van der Waals surface area contributed by atoms with Crippen molar-refractivity contribution in [2.45, 2.75) is 13.5 Å². The lowest BCUT2D eigenvalue weighted by atomic mass is 10.1. The molecule has 8 nitrogen and oxygen atoms in total. The van der Waals surface area contributed by atoms with Gasteiger partial charge in [0, 0.05) is 44.3 Å². The molecule has 2 aromatic heterocycles. The molecule has 1 saturated heterocycles. The Balaban J connectivity index is 1.78. The number of nitrogens with zero attached hydrogens (tertiary/aromatic N) is 5. The molecule has 0 amide bonds. The van der Waals surface area contributed by atoms with E-state index in [2.05, 4.69) is 9.88 Å². The minimum absolute atomic E-state index is 0.341. The van der Waals surface area contributed by atoms with Crippen molar-refractivity contribution >= 4 is 28.1 Å². The molecule has 3 heterocycles. The molecule has 0 N–H and O–H groups in total. The third-order valence-electron chi connectivity index (χ3n) is 5.19. The van der Waals surface area contributed by atoms with Crippen molar-refractivity contribution in [3.05, 3.63) is 69.1 Å². The van der Waals surface area contributed by atoms with Gasteiger partial charge in [-0.05, 0) is 25.1 Å². The Morgan fingerprint density at radius 2 is 1.71 bits per heavy atom. The summed E-state index contributed by atoms with van der Waals surface area (Å²) in [7, 11) is 0. The Morgan fingerprint density at radius 3 is 2.36 bits per heavy atom. The Hall–Kier alpha value is -3.42. The van der Waals surface area contributed by atoms with Crippen LogP contribution in [0.4, 0.5) is 17.2 Å². The maximum Gasteiger partial charge on any atom is 0.357 e. The second-order valence-electron chi connectivity index (χ2n) is 6.68. The summed E-state index contributed by atoms with van der Waals surface area (Å²) in [6.07, 6.45) is 1.75. The number of fused-ring (bicyclic) bond motifs is 1. The first-order valence-corrected chi connectivity index (χ1v) is 9.32. The average Bonchev–Trinajstić information content (AvgIpc) is 2.73. The van der Waals surface area contributed by atoms with Crippen LogP contribution in [0.2, 0.25) is 0 Å². The van der Waals surface area contributed by atoms with Gasteiger partial charge in [0.05, 0.1) is 10.4 Å². The maximum absolute atomic E-state index is 12.9. The fraction of sp³-hybridized carbons (Fsp3) is 0.300. The summed E-state index contributed by atoms with van der Waals surface area (Å²) in [6, 6.07) is 13.2. The van der Waals surface area contributed by atoms with Gasteiger partial charge in [-0.15, -0.1) is 0 Å². The molecule has 1 fully saturated rings. The molecule has 4 rings (SSSR count). The van der Waals surface area contributed by atoms with Crippen LogP contribution < -0.4 is 15.4 Å². The molecule has 0 saturated carbocycles. The highest BCUT2D eigenvalue weighted by Gasteiger charge is 2.31. The van der Waals surface area contributed by atoms with Gasteiger partial charge in [-0.25, -0.2) is 4.98 Å². The van der Waals surface area contributed by atoms with Crippen LogP contribution in [0.5, 0.6) is 0 Å². The molecule has 0 atom stereocenters. The zero-order valence-corrected chi connectivity index (χ0v) is 15.6. The number of aryl methyl sites for hydroxylation is 1. The summed E-state index contributed by atoms with van der Waals surface area (Å²) in [5, 5.41) is 12.6. The highest BCUT2D eigenvalue weighted by Crippen LogP contribution is 2.34. The fourth-order valence-corrected chi connectivity index (χ4v) is 3.87. The molecule has 0 spiro atoms. The van der Waals surface area contributed by atoms with Gasteiger partial charge < -0.3 is 14.4 Å². The molecule has 1 aliphatic heterocycles. The van der Waals surface area contributed by atoms with Gasteiger partial charge in [0.1, 0.15) is 11.5 Å². The van der Waals surface area contributed by atoms with E-state index in [1.165, 1.54) is 4.57 Å². The van der Waals surface area contributed by atoms with Crippen molar-refractivity contribution in [2.24, 2.45) is 0 Å². The third kappa shape index (κ3) is 2.96. The molecule has 3 aromatic rings. The van der Waals surface area contributed by atoms with Gasteiger partial charge in [-0.1, -0.05) is 24.3 Å². The van der Waals surface area contributed by atoms with Crippen molar-refractivity contribution < 1.29 is 4.92 Å². The van der Waals surface area contributed by atoms with Crippen molar-refractivity contribution in [3.8, 4) is 0 Å². The van der Waals surface area contributed by atoms with Crippen molar-refractivity contribution in [3.63, 3.8) is 0 Å². The van der Waals surface area contributed by atoms with Gasteiger partial charge in [-0.2, -0.15) is 0 Å². The minimum Gasteiger partial charge on any atom is -0.362 e. The van der Waals surface area contributed by atoms with Crippen LogP contribution in [0.15, 0.2) is 53.5 Å². The van der Waals surface area contributed by atoms with Gasteiger partial charge >= 0.3 is 11.2 Å². The molecule has 0 unspecified atom stereocenters. The molecule has 1 aliphatic rings. The largest absolute Gasteiger partial charge is 0.362 e. The molecule has 28 heavy (non-hydrogen) atoms. The Morgan fingerprint density at radius 1 is 1.04 bits per heavy atom. The Kier molecular flexibility index (Phi) is 4.68. The number of nitro groups is 1. The minimum atomic E-state index is -0.548. The van der Waals surface area contributed by atoms with E-state index in [-0.39, 0.29) is 5.69 Å². The van der Waals surface area contributed by atoms with Crippen molar-refractivity contribution in [1.29, 1.82) is 0 Å². The lowest BCUT2D eigenvalue weighted by Crippen LogP contribution is -2.47. The number of anilines is 2. The molecular formula is C20H21N5O3. The standard InChI is InChI=1S/C20H21N5O3/c1-2-24-16-8-4-3-7-15(16)18(19(20(24)26)25(27)28)23-13-11-22(12-14-23)17-9-5-6-10-21-17/h3-10H,2,11-14H2,1H3. The van der Waals surface area contributed by atoms with E-state index in [4.69, 9.17) is 0 Å². The van der Waals surface area contributed by atoms with E-state index in [1.54, 1.807) is 6.20 Å². The quantitative estimate of drug-likeness (QED) is 0.512. The SMILES string of the molecule is CCn1c(=O)c([N+](=O)[O-])c(N2CCN(c3ccccn3)CC2)c2ccccc21.